The molecule has 160 valence electrons. The van der Waals surface area contributed by atoms with Crippen LogP contribution in [0.25, 0.3) is 17.8 Å². The Morgan fingerprint density at radius 3 is 2.62 bits per heavy atom. The third-order valence-corrected chi connectivity index (χ3v) is 5.56. The fourth-order valence-corrected chi connectivity index (χ4v) is 3.94. The van der Waals surface area contributed by atoms with Crippen molar-refractivity contribution in [3.8, 4) is 11.5 Å². The number of nitrogens with one attached hydrogen (secondary N) is 2. The number of fused-ring (bicyclic) bond motifs is 1. The molecule has 4 aromatic rings. The summed E-state index contributed by atoms with van der Waals surface area (Å²) in [6.07, 6.45) is 4.19. The summed E-state index contributed by atoms with van der Waals surface area (Å²) in [4.78, 5) is 11.7. The highest BCUT2D eigenvalue weighted by Crippen LogP contribution is 2.15. The van der Waals surface area contributed by atoms with Gasteiger partial charge < -0.3 is 19.4 Å². The smallest absolute Gasteiger partial charge is 0.145 e. The van der Waals surface area contributed by atoms with Crippen LogP contribution < -0.4 is 30.7 Å². The number of rotatable bonds is 5. The lowest BCUT2D eigenvalue weighted by Gasteiger charge is -2.06. The second kappa shape index (κ2) is 8.27. The number of hydrogen-bond acceptors (Lipinski definition) is 3. The minimum atomic E-state index is 0.439. The van der Waals surface area contributed by atoms with Crippen LogP contribution in [0, 0.1) is 13.8 Å². The Hall–Kier alpha value is -3.99. The molecule has 0 saturated heterocycles. The van der Waals surface area contributed by atoms with Crippen molar-refractivity contribution in [2.75, 3.05) is 7.11 Å². The normalized spacial score (nSPS) is 14.7. The molecule has 32 heavy (non-hydrogen) atoms. The van der Waals surface area contributed by atoms with Crippen molar-refractivity contribution < 1.29 is 9.47 Å². The first-order chi connectivity index (χ1) is 15.6. The maximum absolute atomic E-state index is 6.26. The van der Waals surface area contributed by atoms with Gasteiger partial charge in [0.05, 0.1) is 28.9 Å². The van der Waals surface area contributed by atoms with Crippen molar-refractivity contribution in [1.29, 1.82) is 0 Å². The highest BCUT2D eigenvalue weighted by Gasteiger charge is 2.08. The molecule has 0 radical (unpaired) electrons. The molecule has 0 amide bonds. The Balaban J connectivity index is 1.59. The van der Waals surface area contributed by atoms with E-state index in [-0.39, 0.29) is 0 Å². The molecule has 0 spiro atoms. The van der Waals surface area contributed by atoms with E-state index in [1.165, 1.54) is 5.56 Å². The van der Waals surface area contributed by atoms with Gasteiger partial charge in [-0.3, -0.25) is 0 Å². The second-order valence-corrected chi connectivity index (χ2v) is 7.99. The Morgan fingerprint density at radius 2 is 1.84 bits per heavy atom. The van der Waals surface area contributed by atoms with Gasteiger partial charge in [0.25, 0.3) is 0 Å². The van der Waals surface area contributed by atoms with E-state index < -0.39 is 0 Å². The average Bonchev–Trinajstić information content (AvgIpc) is 3.49. The number of para-hydroxylation sites is 1. The van der Waals surface area contributed by atoms with Crippen LogP contribution in [0.5, 0.6) is 11.5 Å². The van der Waals surface area contributed by atoms with E-state index in [9.17, 15) is 0 Å². The first-order valence-corrected chi connectivity index (χ1v) is 10.6. The van der Waals surface area contributed by atoms with Crippen LogP contribution >= 0.6 is 0 Å². The molecule has 5 heteroatoms. The van der Waals surface area contributed by atoms with Crippen molar-refractivity contribution in [3.05, 3.63) is 104 Å². The van der Waals surface area contributed by atoms with Crippen LogP contribution in [-0.4, -0.2) is 17.1 Å². The summed E-state index contributed by atoms with van der Waals surface area (Å²) >= 11 is 0. The molecule has 5 nitrogen and oxygen atoms in total. The summed E-state index contributed by atoms with van der Waals surface area (Å²) in [6.45, 7) is 4.60. The Kier molecular flexibility index (Phi) is 5.15. The van der Waals surface area contributed by atoms with Gasteiger partial charge >= 0.3 is 0 Å². The van der Waals surface area contributed by atoms with Gasteiger partial charge in [-0.05, 0) is 61.4 Å². The molecule has 0 fully saturated rings. The first-order valence-electron chi connectivity index (χ1n) is 10.6. The zero-order valence-electron chi connectivity index (χ0n) is 18.4. The molecule has 0 aliphatic carbocycles. The quantitative estimate of drug-likeness (QED) is 0.518. The minimum absolute atomic E-state index is 0.439. The van der Waals surface area contributed by atoms with Gasteiger partial charge in [0, 0.05) is 22.7 Å². The van der Waals surface area contributed by atoms with E-state index in [2.05, 4.69) is 48.1 Å². The van der Waals surface area contributed by atoms with Crippen LogP contribution in [0.2, 0.25) is 0 Å². The predicted molar refractivity (Wildman–Crippen MR) is 126 cm³/mol. The molecule has 0 saturated carbocycles. The topological polar surface area (TPSA) is 62.4 Å². The number of hydrogen-bond donors (Lipinski definition) is 2. The van der Waals surface area contributed by atoms with Crippen molar-refractivity contribution in [3.63, 3.8) is 0 Å². The molecule has 2 aromatic carbocycles. The number of H-pyrrole nitrogens is 2. The lowest BCUT2D eigenvalue weighted by atomic mass is 10.2. The monoisotopic (exact) mass is 423 g/mol. The third-order valence-electron chi connectivity index (χ3n) is 5.56. The van der Waals surface area contributed by atoms with E-state index in [1.54, 1.807) is 7.11 Å². The van der Waals surface area contributed by atoms with Gasteiger partial charge in [0.15, 0.2) is 0 Å². The number of aromatic nitrogens is 2. The summed E-state index contributed by atoms with van der Waals surface area (Å²) < 4.78 is 11.6. The molecule has 0 unspecified atom stereocenters. The number of nitrogens with zero attached hydrogens (tertiary/aromatic N) is 1. The largest absolute Gasteiger partial charge is 0.497 e. The molecule has 5 rings (SSSR count). The second-order valence-electron chi connectivity index (χ2n) is 7.99. The molecule has 2 N–H and O–H groups in total. The minimum Gasteiger partial charge on any atom is -0.497 e. The standard InChI is InChI=1S/C27H25N3O2/c1-17-11-18(2)28-23(17)14-26-27(32-16-19-7-6-9-21(12-19)31-3)15-25(30-26)24-13-20-8-4-5-10-22(20)29-24/h4-15,28,30H,16H2,1-3H3. The summed E-state index contributed by atoms with van der Waals surface area (Å²) in [7, 11) is 1.67. The van der Waals surface area contributed by atoms with Gasteiger partial charge in [-0.25, -0.2) is 4.99 Å². The average molecular weight is 424 g/mol. The lowest BCUT2D eigenvalue weighted by molar-refractivity contribution is 0.303. The number of ether oxygens (including phenoxy) is 2. The van der Waals surface area contributed by atoms with E-state index >= 15 is 0 Å². The Morgan fingerprint density at radius 1 is 0.969 bits per heavy atom. The summed E-state index contributed by atoms with van der Waals surface area (Å²) in [6, 6.07) is 20.2. The van der Waals surface area contributed by atoms with Crippen LogP contribution in [0.15, 0.2) is 65.7 Å². The lowest BCUT2D eigenvalue weighted by Crippen LogP contribution is -2.19. The Bertz CT molecular complexity index is 1500. The van der Waals surface area contributed by atoms with E-state index in [1.807, 2.05) is 48.5 Å². The third kappa shape index (κ3) is 3.97. The maximum atomic E-state index is 6.26. The fourth-order valence-electron chi connectivity index (χ4n) is 3.94. The van der Waals surface area contributed by atoms with Crippen LogP contribution in [0.3, 0.4) is 0 Å². The van der Waals surface area contributed by atoms with E-state index in [4.69, 9.17) is 14.5 Å². The van der Waals surface area contributed by atoms with Crippen molar-refractivity contribution in [2.24, 2.45) is 4.99 Å². The van der Waals surface area contributed by atoms with Gasteiger partial charge in [0.2, 0.25) is 0 Å². The molecule has 0 atom stereocenters. The number of methoxy groups -OCH3 is 1. The first kappa shape index (κ1) is 19.9. The van der Waals surface area contributed by atoms with Crippen LogP contribution in [0.1, 0.15) is 22.5 Å². The van der Waals surface area contributed by atoms with Gasteiger partial charge in [-0.1, -0.05) is 30.3 Å². The summed E-state index contributed by atoms with van der Waals surface area (Å²) in [5.74, 6) is 1.60. The van der Waals surface area contributed by atoms with Gasteiger partial charge in [-0.2, -0.15) is 0 Å². The molecule has 1 aliphatic rings. The van der Waals surface area contributed by atoms with E-state index in [0.717, 1.165) is 55.4 Å². The molecule has 2 aromatic heterocycles. The van der Waals surface area contributed by atoms with E-state index in [0.29, 0.717) is 6.61 Å². The molecular weight excluding hydrogens is 398 g/mol. The fraction of sp³-hybridized carbons (Fsp3) is 0.148. The predicted octanol–water partition coefficient (Wildman–Crippen LogP) is 2.60. The highest BCUT2D eigenvalue weighted by molar-refractivity contribution is 5.76. The summed E-state index contributed by atoms with van der Waals surface area (Å²) in [5.41, 5.74) is 5.32. The molecule has 0 bridgehead atoms. The van der Waals surface area contributed by atoms with Crippen LogP contribution in [-0.2, 0) is 6.61 Å². The van der Waals surface area contributed by atoms with Crippen LogP contribution in [0.4, 0.5) is 0 Å². The molecule has 3 heterocycles. The van der Waals surface area contributed by atoms with Gasteiger partial charge in [-0.15, -0.1) is 0 Å². The van der Waals surface area contributed by atoms with Crippen molar-refractivity contribution >= 4 is 17.8 Å². The number of benzene rings is 2. The summed E-state index contributed by atoms with van der Waals surface area (Å²) in [5, 5.41) is 3.93. The van der Waals surface area contributed by atoms with Crippen molar-refractivity contribution in [1.82, 2.24) is 9.97 Å². The number of aryl methyl sites for hydroxylation is 2. The van der Waals surface area contributed by atoms with Crippen molar-refractivity contribution in [2.45, 2.75) is 20.5 Å². The molecule has 1 aliphatic heterocycles. The zero-order valence-corrected chi connectivity index (χ0v) is 18.4. The molecular formula is C27H25N3O2. The zero-order chi connectivity index (χ0) is 22.1. The Labute approximate surface area is 186 Å². The SMILES string of the molecule is COc1cccc(COc2cc(=C3C=c4ccccc4=N3)[nH]c2=Cc2[nH]c(C)cc2C)c1. The highest BCUT2D eigenvalue weighted by atomic mass is 16.5. The maximum Gasteiger partial charge on any atom is 0.145 e. The number of aromatic amines is 2. The van der Waals surface area contributed by atoms with Gasteiger partial charge in [0.1, 0.15) is 18.1 Å².